The minimum absolute atomic E-state index is 0.672. The van der Waals surface area contributed by atoms with E-state index < -0.39 is 0 Å². The minimum atomic E-state index is 0.672. The highest BCUT2D eigenvalue weighted by Gasteiger charge is 2.11. The van der Waals surface area contributed by atoms with Gasteiger partial charge in [-0.1, -0.05) is 36.0 Å². The first-order chi connectivity index (χ1) is 5.88. The normalized spacial score (nSPS) is 21.7. The molecule has 1 rings (SSSR count). The molecule has 1 aliphatic rings. The maximum atomic E-state index is 3.77. The van der Waals surface area contributed by atoms with Crippen molar-refractivity contribution in [2.24, 2.45) is 5.92 Å². The predicted octanol–water partition coefficient (Wildman–Crippen LogP) is 3.64. The van der Waals surface area contributed by atoms with Gasteiger partial charge >= 0.3 is 0 Å². The summed E-state index contributed by atoms with van der Waals surface area (Å²) in [7, 11) is 0. The third-order valence-corrected chi connectivity index (χ3v) is 2.22. The van der Waals surface area contributed by atoms with Crippen LogP contribution in [0.3, 0.4) is 0 Å². The van der Waals surface area contributed by atoms with E-state index in [-0.39, 0.29) is 0 Å². The van der Waals surface area contributed by atoms with Gasteiger partial charge in [-0.05, 0) is 25.2 Å². The molecule has 12 heavy (non-hydrogen) atoms. The average Bonchev–Trinajstić information content (AvgIpc) is 2.09. The Bertz CT molecular complexity index is 216. The van der Waals surface area contributed by atoms with Gasteiger partial charge in [0.1, 0.15) is 0 Å². The fourth-order valence-electron chi connectivity index (χ4n) is 1.57. The summed E-state index contributed by atoms with van der Waals surface area (Å²) in [5.74, 6) is 0.672. The van der Waals surface area contributed by atoms with Crippen molar-refractivity contribution in [2.45, 2.75) is 19.3 Å². The van der Waals surface area contributed by atoms with E-state index in [9.17, 15) is 0 Å². The molecule has 1 unspecified atom stereocenters. The fourth-order valence-corrected chi connectivity index (χ4v) is 1.57. The molecule has 0 amide bonds. The highest BCUT2D eigenvalue weighted by molar-refractivity contribution is 5.23. The molecule has 0 heterocycles. The van der Waals surface area contributed by atoms with Crippen molar-refractivity contribution in [3.63, 3.8) is 0 Å². The molecular weight excluding hydrogens is 144 g/mol. The third-order valence-electron chi connectivity index (χ3n) is 2.22. The number of allylic oxidation sites excluding steroid dienone is 6. The van der Waals surface area contributed by atoms with Crippen LogP contribution in [0.4, 0.5) is 0 Å². The topological polar surface area (TPSA) is 0 Å². The van der Waals surface area contributed by atoms with Gasteiger partial charge in [-0.25, -0.2) is 0 Å². The second-order valence-corrected chi connectivity index (χ2v) is 3.12. The van der Waals surface area contributed by atoms with Crippen molar-refractivity contribution in [1.82, 2.24) is 0 Å². The van der Waals surface area contributed by atoms with Crippen LogP contribution in [-0.4, -0.2) is 0 Å². The summed E-state index contributed by atoms with van der Waals surface area (Å²) in [6.45, 7) is 7.53. The molecule has 0 heteroatoms. The Morgan fingerprint density at radius 2 is 2.25 bits per heavy atom. The zero-order valence-corrected chi connectivity index (χ0v) is 7.50. The fraction of sp³-hybridized carbons (Fsp3) is 0.333. The number of rotatable bonds is 4. The summed E-state index contributed by atoms with van der Waals surface area (Å²) >= 11 is 0. The van der Waals surface area contributed by atoms with Crippen LogP contribution in [0.5, 0.6) is 0 Å². The zero-order chi connectivity index (χ0) is 8.81. The first kappa shape index (κ1) is 9.05. The smallest absolute Gasteiger partial charge is 0.0128 e. The Hall–Kier alpha value is -1.04. The van der Waals surface area contributed by atoms with Crippen molar-refractivity contribution < 1.29 is 0 Å². The van der Waals surface area contributed by atoms with E-state index in [1.807, 2.05) is 12.2 Å². The molecule has 0 aliphatic heterocycles. The molecule has 1 aliphatic carbocycles. The molecule has 0 radical (unpaired) electrons. The van der Waals surface area contributed by atoms with E-state index in [0.29, 0.717) is 5.92 Å². The lowest BCUT2D eigenvalue weighted by Gasteiger charge is -2.18. The molecule has 0 nitrogen and oxygen atoms in total. The summed E-state index contributed by atoms with van der Waals surface area (Å²) in [4.78, 5) is 0. The molecular formula is C12H16. The molecule has 0 spiro atoms. The van der Waals surface area contributed by atoms with Crippen molar-refractivity contribution in [3.05, 3.63) is 49.1 Å². The SMILES string of the molecule is C=CCC1=CC=CCC1CC=C. The first-order valence-electron chi connectivity index (χ1n) is 4.46. The van der Waals surface area contributed by atoms with Gasteiger partial charge in [-0.2, -0.15) is 0 Å². The van der Waals surface area contributed by atoms with Crippen molar-refractivity contribution >= 4 is 0 Å². The van der Waals surface area contributed by atoms with Gasteiger partial charge in [-0.15, -0.1) is 13.2 Å². The molecule has 0 saturated carbocycles. The van der Waals surface area contributed by atoms with E-state index in [2.05, 4.69) is 31.4 Å². The zero-order valence-electron chi connectivity index (χ0n) is 7.50. The van der Waals surface area contributed by atoms with Gasteiger partial charge in [0.2, 0.25) is 0 Å². The summed E-state index contributed by atoms with van der Waals surface area (Å²) in [5, 5.41) is 0. The summed E-state index contributed by atoms with van der Waals surface area (Å²) in [6, 6.07) is 0. The van der Waals surface area contributed by atoms with Crippen LogP contribution in [0.25, 0.3) is 0 Å². The van der Waals surface area contributed by atoms with E-state index >= 15 is 0 Å². The Morgan fingerprint density at radius 1 is 1.42 bits per heavy atom. The second kappa shape index (κ2) is 4.76. The van der Waals surface area contributed by atoms with Crippen LogP contribution in [-0.2, 0) is 0 Å². The molecule has 0 saturated heterocycles. The molecule has 0 bridgehead atoms. The summed E-state index contributed by atoms with van der Waals surface area (Å²) in [5.41, 5.74) is 1.49. The van der Waals surface area contributed by atoms with Crippen molar-refractivity contribution in [3.8, 4) is 0 Å². The van der Waals surface area contributed by atoms with E-state index in [1.165, 1.54) is 5.57 Å². The lowest BCUT2D eigenvalue weighted by molar-refractivity contribution is 0.614. The van der Waals surface area contributed by atoms with Crippen LogP contribution >= 0.6 is 0 Å². The van der Waals surface area contributed by atoms with Gasteiger partial charge in [-0.3, -0.25) is 0 Å². The molecule has 0 fully saturated rings. The molecule has 0 aromatic heterocycles. The predicted molar refractivity (Wildman–Crippen MR) is 55.0 cm³/mol. The monoisotopic (exact) mass is 160 g/mol. The maximum Gasteiger partial charge on any atom is -0.0128 e. The Labute approximate surface area is 75.0 Å². The van der Waals surface area contributed by atoms with Gasteiger partial charge in [0.15, 0.2) is 0 Å². The van der Waals surface area contributed by atoms with Crippen molar-refractivity contribution in [1.29, 1.82) is 0 Å². The molecule has 0 N–H and O–H groups in total. The van der Waals surface area contributed by atoms with Crippen LogP contribution in [0, 0.1) is 5.92 Å². The third kappa shape index (κ3) is 2.23. The van der Waals surface area contributed by atoms with E-state index in [1.54, 1.807) is 0 Å². The highest BCUT2D eigenvalue weighted by atomic mass is 14.2. The lowest BCUT2D eigenvalue weighted by Crippen LogP contribution is -2.04. The highest BCUT2D eigenvalue weighted by Crippen LogP contribution is 2.26. The van der Waals surface area contributed by atoms with Gasteiger partial charge in [0.05, 0.1) is 0 Å². The Morgan fingerprint density at radius 3 is 2.92 bits per heavy atom. The lowest BCUT2D eigenvalue weighted by atomic mass is 9.87. The first-order valence-corrected chi connectivity index (χ1v) is 4.46. The molecule has 0 aromatic rings. The Kier molecular flexibility index (Phi) is 3.59. The number of hydrogen-bond donors (Lipinski definition) is 0. The van der Waals surface area contributed by atoms with E-state index in [0.717, 1.165) is 19.3 Å². The van der Waals surface area contributed by atoms with Gasteiger partial charge in [0, 0.05) is 0 Å². The molecule has 64 valence electrons. The van der Waals surface area contributed by atoms with Crippen LogP contribution in [0.2, 0.25) is 0 Å². The van der Waals surface area contributed by atoms with Crippen LogP contribution in [0.1, 0.15) is 19.3 Å². The van der Waals surface area contributed by atoms with Crippen molar-refractivity contribution in [2.75, 3.05) is 0 Å². The minimum Gasteiger partial charge on any atom is -0.103 e. The summed E-state index contributed by atoms with van der Waals surface area (Å²) in [6.07, 6.45) is 13.8. The second-order valence-electron chi connectivity index (χ2n) is 3.12. The standard InChI is InChI=1S/C12H16/c1-3-7-11-9-5-6-10-12(11)8-4-2/h3-6,9,12H,1-2,7-8,10H2. The summed E-state index contributed by atoms with van der Waals surface area (Å²) < 4.78 is 0. The molecule has 1 atom stereocenters. The largest absolute Gasteiger partial charge is 0.103 e. The average molecular weight is 160 g/mol. The van der Waals surface area contributed by atoms with Crippen LogP contribution < -0.4 is 0 Å². The van der Waals surface area contributed by atoms with Gasteiger partial charge < -0.3 is 0 Å². The van der Waals surface area contributed by atoms with Crippen LogP contribution in [0.15, 0.2) is 49.1 Å². The quantitative estimate of drug-likeness (QED) is 0.551. The number of hydrogen-bond acceptors (Lipinski definition) is 0. The maximum absolute atomic E-state index is 3.77. The van der Waals surface area contributed by atoms with E-state index in [4.69, 9.17) is 0 Å². The Balaban J connectivity index is 2.61. The van der Waals surface area contributed by atoms with Gasteiger partial charge in [0.25, 0.3) is 0 Å². The molecule has 0 aromatic carbocycles.